The Labute approximate surface area is 128 Å². The molecule has 3 heteroatoms. The van der Waals surface area contributed by atoms with Gasteiger partial charge in [-0.05, 0) is 22.9 Å². The maximum Gasteiger partial charge on any atom is 0.202 e. The van der Waals surface area contributed by atoms with Crippen molar-refractivity contribution in [1.82, 2.24) is 0 Å². The molecule has 0 unspecified atom stereocenters. The summed E-state index contributed by atoms with van der Waals surface area (Å²) in [4.78, 5) is 22.6. The Morgan fingerprint density at radius 1 is 0.909 bits per heavy atom. The summed E-state index contributed by atoms with van der Waals surface area (Å²) in [6, 6.07) is 15.2. The van der Waals surface area contributed by atoms with Crippen LogP contribution in [0.1, 0.15) is 11.1 Å². The molecule has 3 nitrogen and oxygen atoms in total. The summed E-state index contributed by atoms with van der Waals surface area (Å²) in [7, 11) is 1.43. The van der Waals surface area contributed by atoms with Crippen LogP contribution >= 0.6 is 0 Å². The van der Waals surface area contributed by atoms with Crippen molar-refractivity contribution in [1.29, 1.82) is 0 Å². The molecule has 1 aliphatic rings. The molecule has 0 saturated heterocycles. The molecular formula is C19H16O3. The van der Waals surface area contributed by atoms with Crippen LogP contribution < -0.4 is 10.4 Å². The van der Waals surface area contributed by atoms with E-state index in [-0.39, 0.29) is 5.78 Å². The zero-order chi connectivity index (χ0) is 15.7. The van der Waals surface area contributed by atoms with Gasteiger partial charge in [0.05, 0.1) is 18.3 Å². The smallest absolute Gasteiger partial charge is 0.202 e. The van der Waals surface area contributed by atoms with E-state index in [9.17, 15) is 4.79 Å². The molecule has 0 fully saturated rings. The van der Waals surface area contributed by atoms with Crippen LogP contribution in [0, 0.1) is 6.92 Å². The molecule has 0 amide bonds. The highest BCUT2D eigenvalue weighted by Crippen LogP contribution is 2.38. The summed E-state index contributed by atoms with van der Waals surface area (Å²) in [6.45, 7) is 5.85. The second-order valence-corrected chi connectivity index (χ2v) is 5.22. The Kier molecular flexibility index (Phi) is 3.65. The average molecular weight is 292 g/mol. The monoisotopic (exact) mass is 292 g/mol. The number of carbonyl (C=O) groups is 1. The highest BCUT2D eigenvalue weighted by Gasteiger charge is 2.37. The van der Waals surface area contributed by atoms with Crippen molar-refractivity contribution in [3.05, 3.63) is 75.9 Å². The lowest BCUT2D eigenvalue weighted by Crippen LogP contribution is -2.28. The van der Waals surface area contributed by atoms with Gasteiger partial charge in [-0.3, -0.25) is 4.79 Å². The molecule has 0 atom stereocenters. The van der Waals surface area contributed by atoms with E-state index in [1.807, 2.05) is 55.5 Å². The number of benzene rings is 2. The van der Waals surface area contributed by atoms with Crippen LogP contribution in [-0.2, 0) is 14.6 Å². The van der Waals surface area contributed by atoms with E-state index in [1.54, 1.807) is 0 Å². The SMILES string of the molecule is C=c1ccc(=C2C(=O)C(c3ccc(C)cc3)=C2OOC)cc1. The van der Waals surface area contributed by atoms with Gasteiger partial charge in [0.1, 0.15) is 0 Å². The van der Waals surface area contributed by atoms with Crippen LogP contribution in [0.5, 0.6) is 0 Å². The Hall–Kier alpha value is -2.65. The van der Waals surface area contributed by atoms with E-state index in [0.29, 0.717) is 16.9 Å². The first-order valence-corrected chi connectivity index (χ1v) is 6.98. The van der Waals surface area contributed by atoms with Gasteiger partial charge in [0.15, 0.2) is 5.76 Å². The first-order chi connectivity index (χ1) is 10.6. The Balaban J connectivity index is 2.18. The van der Waals surface area contributed by atoms with E-state index in [1.165, 1.54) is 7.11 Å². The first kappa shape index (κ1) is 14.3. The third kappa shape index (κ3) is 2.36. The van der Waals surface area contributed by atoms with Gasteiger partial charge >= 0.3 is 0 Å². The highest BCUT2D eigenvalue weighted by atomic mass is 17.2. The van der Waals surface area contributed by atoms with Crippen molar-refractivity contribution >= 4 is 23.5 Å². The van der Waals surface area contributed by atoms with E-state index >= 15 is 0 Å². The Morgan fingerprint density at radius 3 is 2.14 bits per heavy atom. The number of hydrogen-bond acceptors (Lipinski definition) is 3. The fraction of sp³-hybridized carbons (Fsp3) is 0.105. The van der Waals surface area contributed by atoms with Crippen molar-refractivity contribution in [3.63, 3.8) is 0 Å². The minimum atomic E-state index is -0.0345. The molecule has 3 rings (SSSR count). The molecule has 110 valence electrons. The van der Waals surface area contributed by atoms with Crippen molar-refractivity contribution < 1.29 is 14.6 Å². The van der Waals surface area contributed by atoms with E-state index in [0.717, 1.165) is 21.6 Å². The summed E-state index contributed by atoms with van der Waals surface area (Å²) in [5.74, 6) is 0.445. The Bertz CT molecular complexity index is 850. The van der Waals surface area contributed by atoms with Gasteiger partial charge < -0.3 is 4.89 Å². The third-order valence-electron chi connectivity index (χ3n) is 3.66. The van der Waals surface area contributed by atoms with Crippen LogP contribution in [0.2, 0.25) is 0 Å². The zero-order valence-corrected chi connectivity index (χ0v) is 12.6. The van der Waals surface area contributed by atoms with Gasteiger partial charge in [0.2, 0.25) is 5.78 Å². The maximum absolute atomic E-state index is 12.6. The van der Waals surface area contributed by atoms with Crippen LogP contribution in [0.3, 0.4) is 0 Å². The van der Waals surface area contributed by atoms with Crippen molar-refractivity contribution in [2.75, 3.05) is 7.11 Å². The molecule has 0 heterocycles. The number of hydrogen-bond donors (Lipinski definition) is 0. The summed E-state index contributed by atoms with van der Waals surface area (Å²) < 4.78 is 0. The second-order valence-electron chi connectivity index (χ2n) is 5.22. The zero-order valence-electron chi connectivity index (χ0n) is 12.6. The van der Waals surface area contributed by atoms with Gasteiger partial charge in [-0.2, -0.15) is 4.89 Å². The lowest BCUT2D eigenvalue weighted by Gasteiger charge is -2.24. The number of aryl methyl sites for hydroxylation is 1. The first-order valence-electron chi connectivity index (χ1n) is 6.98. The molecule has 0 radical (unpaired) electrons. The molecule has 0 N–H and O–H groups in total. The lowest BCUT2D eigenvalue weighted by atomic mass is 9.82. The van der Waals surface area contributed by atoms with Gasteiger partial charge in [-0.25, -0.2) is 0 Å². The number of carbonyl (C=O) groups excluding carboxylic acids is 1. The summed E-state index contributed by atoms with van der Waals surface area (Å²) in [6.07, 6.45) is 0. The minimum absolute atomic E-state index is 0.0345. The fourth-order valence-electron chi connectivity index (χ4n) is 2.48. The molecule has 22 heavy (non-hydrogen) atoms. The molecule has 0 bridgehead atoms. The van der Waals surface area contributed by atoms with Gasteiger partial charge in [0.25, 0.3) is 0 Å². The summed E-state index contributed by atoms with van der Waals surface area (Å²) in [5.41, 5.74) is 3.06. The molecule has 0 aromatic heterocycles. The normalized spacial score (nSPS) is 14.1. The van der Waals surface area contributed by atoms with Crippen LogP contribution in [0.15, 0.2) is 54.3 Å². The second kappa shape index (κ2) is 5.62. The molecule has 0 saturated carbocycles. The molecular weight excluding hydrogens is 276 g/mol. The number of rotatable bonds is 3. The lowest BCUT2D eigenvalue weighted by molar-refractivity contribution is -0.232. The highest BCUT2D eigenvalue weighted by molar-refractivity contribution is 6.51. The van der Waals surface area contributed by atoms with Crippen molar-refractivity contribution in [2.45, 2.75) is 6.92 Å². The van der Waals surface area contributed by atoms with Gasteiger partial charge in [-0.1, -0.05) is 60.7 Å². The third-order valence-corrected chi connectivity index (χ3v) is 3.66. The van der Waals surface area contributed by atoms with Gasteiger partial charge in [-0.15, -0.1) is 0 Å². The quantitative estimate of drug-likeness (QED) is 0.642. The number of allylic oxidation sites excluding steroid dienone is 2. The van der Waals surface area contributed by atoms with Crippen LogP contribution in [-0.4, -0.2) is 12.9 Å². The standard InChI is InChI=1S/C19H16O3/c1-12-4-8-14(9-5-12)16-18(20)17(19(16)22-21-3)15-10-6-13(2)7-11-15/h4-11H,1H2,2-3H3. The predicted molar refractivity (Wildman–Crippen MR) is 85.8 cm³/mol. The maximum atomic E-state index is 12.6. The van der Waals surface area contributed by atoms with Crippen LogP contribution in [0.25, 0.3) is 17.7 Å². The van der Waals surface area contributed by atoms with Crippen molar-refractivity contribution in [3.8, 4) is 0 Å². The largest absolute Gasteiger partial charge is 0.336 e. The molecule has 2 aromatic carbocycles. The van der Waals surface area contributed by atoms with E-state index < -0.39 is 0 Å². The molecule has 0 aliphatic heterocycles. The Morgan fingerprint density at radius 2 is 1.55 bits per heavy atom. The summed E-state index contributed by atoms with van der Waals surface area (Å²) >= 11 is 0. The molecule has 2 aromatic rings. The fourth-order valence-corrected chi connectivity index (χ4v) is 2.48. The topological polar surface area (TPSA) is 35.5 Å². The van der Waals surface area contributed by atoms with E-state index in [2.05, 4.69) is 6.58 Å². The number of Topliss-reactive ketones (excluding diaryl/α,β-unsaturated/α-hetero) is 1. The summed E-state index contributed by atoms with van der Waals surface area (Å²) in [5, 5.41) is 1.70. The van der Waals surface area contributed by atoms with E-state index in [4.69, 9.17) is 9.78 Å². The predicted octanol–water partition coefficient (Wildman–Crippen LogP) is 2.13. The van der Waals surface area contributed by atoms with Crippen molar-refractivity contribution in [2.24, 2.45) is 0 Å². The molecule has 1 aliphatic carbocycles. The van der Waals surface area contributed by atoms with Gasteiger partial charge in [0, 0.05) is 0 Å². The average Bonchev–Trinajstić information content (AvgIpc) is 2.51. The minimum Gasteiger partial charge on any atom is -0.336 e. The number of ketones is 1. The van der Waals surface area contributed by atoms with Crippen LogP contribution in [0.4, 0.5) is 0 Å². The molecule has 0 spiro atoms.